The fourth-order valence-corrected chi connectivity index (χ4v) is 3.04. The Labute approximate surface area is 141 Å². The molecule has 112 valence electrons. The Morgan fingerprint density at radius 2 is 1.90 bits per heavy atom. The molecule has 2 nitrogen and oxygen atoms in total. The van der Waals surface area contributed by atoms with E-state index in [-0.39, 0.29) is 11.9 Å². The molecule has 21 heavy (non-hydrogen) atoms. The lowest BCUT2D eigenvalue weighted by Crippen LogP contribution is -2.19. The third kappa shape index (κ3) is 3.51. The van der Waals surface area contributed by atoms with Crippen LogP contribution in [0.15, 0.2) is 34.8 Å². The van der Waals surface area contributed by atoms with Crippen LogP contribution in [0.2, 0.25) is 10.0 Å². The summed E-state index contributed by atoms with van der Waals surface area (Å²) in [6.45, 7) is 0. The molecule has 0 aliphatic carbocycles. The van der Waals surface area contributed by atoms with Gasteiger partial charge in [0, 0.05) is 21.7 Å². The van der Waals surface area contributed by atoms with E-state index in [9.17, 15) is 4.39 Å². The number of nitrogens with one attached hydrogen (secondary N) is 1. The summed E-state index contributed by atoms with van der Waals surface area (Å²) >= 11 is 15.4. The van der Waals surface area contributed by atoms with Gasteiger partial charge in [0.25, 0.3) is 0 Å². The van der Waals surface area contributed by atoms with Crippen molar-refractivity contribution in [2.24, 2.45) is 0 Å². The molecule has 0 fully saturated rings. The number of hydrogen-bond acceptors (Lipinski definition) is 2. The maximum absolute atomic E-state index is 13.7. The van der Waals surface area contributed by atoms with Gasteiger partial charge in [-0.1, -0.05) is 29.3 Å². The van der Waals surface area contributed by atoms with E-state index in [0.29, 0.717) is 20.3 Å². The van der Waals surface area contributed by atoms with Crippen molar-refractivity contribution < 1.29 is 9.13 Å². The quantitative estimate of drug-likeness (QED) is 0.770. The van der Waals surface area contributed by atoms with Crippen LogP contribution in [0.1, 0.15) is 17.2 Å². The van der Waals surface area contributed by atoms with Gasteiger partial charge in [-0.15, -0.1) is 0 Å². The molecule has 0 radical (unpaired) electrons. The van der Waals surface area contributed by atoms with Crippen molar-refractivity contribution in [3.63, 3.8) is 0 Å². The lowest BCUT2D eigenvalue weighted by molar-refractivity contribution is 0.401. The molecule has 2 aromatic carbocycles. The van der Waals surface area contributed by atoms with E-state index >= 15 is 0 Å². The lowest BCUT2D eigenvalue weighted by Gasteiger charge is -2.21. The van der Waals surface area contributed by atoms with Gasteiger partial charge in [0.2, 0.25) is 0 Å². The summed E-state index contributed by atoms with van der Waals surface area (Å²) in [4.78, 5) is 0. The largest absolute Gasteiger partial charge is 0.496 e. The first-order valence-corrected chi connectivity index (χ1v) is 7.68. The van der Waals surface area contributed by atoms with Crippen LogP contribution in [-0.4, -0.2) is 14.2 Å². The summed E-state index contributed by atoms with van der Waals surface area (Å²) in [6, 6.07) is 8.05. The molecule has 0 saturated carbocycles. The lowest BCUT2D eigenvalue weighted by atomic mass is 9.97. The second-order valence-electron chi connectivity index (χ2n) is 4.40. The first-order valence-electron chi connectivity index (χ1n) is 6.13. The van der Waals surface area contributed by atoms with Crippen molar-refractivity contribution >= 4 is 39.1 Å². The van der Waals surface area contributed by atoms with Crippen molar-refractivity contribution in [2.45, 2.75) is 6.04 Å². The Kier molecular flexibility index (Phi) is 5.49. The van der Waals surface area contributed by atoms with Crippen LogP contribution >= 0.6 is 39.1 Å². The van der Waals surface area contributed by atoms with Crippen LogP contribution < -0.4 is 10.1 Å². The van der Waals surface area contributed by atoms with E-state index in [4.69, 9.17) is 27.9 Å². The SMILES string of the molecule is CNC(c1ccc(Cl)cc1Cl)c1cc(Br)c(F)cc1OC. The van der Waals surface area contributed by atoms with Crippen LogP contribution in [-0.2, 0) is 0 Å². The molecule has 2 rings (SSSR count). The fourth-order valence-electron chi connectivity index (χ4n) is 2.16. The summed E-state index contributed by atoms with van der Waals surface area (Å²) in [5.41, 5.74) is 1.61. The summed E-state index contributed by atoms with van der Waals surface area (Å²) in [7, 11) is 3.30. The van der Waals surface area contributed by atoms with Gasteiger partial charge in [-0.25, -0.2) is 4.39 Å². The highest BCUT2D eigenvalue weighted by atomic mass is 79.9. The van der Waals surface area contributed by atoms with Gasteiger partial charge in [-0.05, 0) is 46.7 Å². The smallest absolute Gasteiger partial charge is 0.141 e. The van der Waals surface area contributed by atoms with E-state index < -0.39 is 0 Å². The summed E-state index contributed by atoms with van der Waals surface area (Å²) in [5.74, 6) is 0.0636. The first kappa shape index (κ1) is 16.6. The second-order valence-corrected chi connectivity index (χ2v) is 6.09. The monoisotopic (exact) mass is 391 g/mol. The van der Waals surface area contributed by atoms with Gasteiger partial charge in [0.15, 0.2) is 0 Å². The zero-order valence-electron chi connectivity index (χ0n) is 11.4. The van der Waals surface area contributed by atoms with Gasteiger partial charge in [-0.2, -0.15) is 0 Å². The number of methoxy groups -OCH3 is 1. The molecule has 0 saturated heterocycles. The van der Waals surface area contributed by atoms with Crippen LogP contribution in [0.5, 0.6) is 5.75 Å². The molecule has 1 atom stereocenters. The molecule has 1 unspecified atom stereocenters. The van der Waals surface area contributed by atoms with Crippen LogP contribution in [0.25, 0.3) is 0 Å². The molecule has 0 aromatic heterocycles. The average molecular weight is 393 g/mol. The minimum absolute atomic E-state index is 0.249. The van der Waals surface area contributed by atoms with Gasteiger partial charge in [-0.3, -0.25) is 0 Å². The Bertz CT molecular complexity index is 666. The topological polar surface area (TPSA) is 21.3 Å². The van der Waals surface area contributed by atoms with Crippen molar-refractivity contribution in [3.05, 3.63) is 61.8 Å². The predicted octanol–water partition coefficient (Wildman–Crippen LogP) is 5.21. The third-order valence-electron chi connectivity index (χ3n) is 3.15. The van der Waals surface area contributed by atoms with Gasteiger partial charge in [0.05, 0.1) is 17.6 Å². The van der Waals surface area contributed by atoms with Crippen LogP contribution in [0.4, 0.5) is 4.39 Å². The summed E-state index contributed by atoms with van der Waals surface area (Å²) < 4.78 is 19.3. The van der Waals surface area contributed by atoms with E-state index in [1.807, 2.05) is 6.07 Å². The van der Waals surface area contributed by atoms with Crippen LogP contribution in [0, 0.1) is 5.82 Å². The molecule has 0 heterocycles. The Hall–Kier alpha value is -0.810. The molecule has 2 aromatic rings. The van der Waals surface area contributed by atoms with Gasteiger partial charge in [0.1, 0.15) is 11.6 Å². The minimum atomic E-state index is -0.382. The van der Waals surface area contributed by atoms with Crippen molar-refractivity contribution in [2.75, 3.05) is 14.2 Å². The molecule has 6 heteroatoms. The van der Waals surface area contributed by atoms with Gasteiger partial charge < -0.3 is 10.1 Å². The zero-order valence-corrected chi connectivity index (χ0v) is 14.5. The maximum Gasteiger partial charge on any atom is 0.141 e. The Morgan fingerprint density at radius 3 is 2.48 bits per heavy atom. The van der Waals surface area contributed by atoms with E-state index in [1.54, 1.807) is 25.2 Å². The van der Waals surface area contributed by atoms with Crippen LogP contribution in [0.3, 0.4) is 0 Å². The molecule has 0 bridgehead atoms. The van der Waals surface area contributed by atoms with E-state index in [1.165, 1.54) is 13.2 Å². The number of rotatable bonds is 4. The third-order valence-corrected chi connectivity index (χ3v) is 4.32. The first-order chi connectivity index (χ1) is 9.97. The van der Waals surface area contributed by atoms with Crippen molar-refractivity contribution in [3.8, 4) is 5.75 Å². The molecular weight excluding hydrogens is 380 g/mol. The predicted molar refractivity (Wildman–Crippen MR) is 88.0 cm³/mol. The number of hydrogen-bond donors (Lipinski definition) is 1. The Morgan fingerprint density at radius 1 is 1.19 bits per heavy atom. The van der Waals surface area contributed by atoms with Crippen molar-refractivity contribution in [1.29, 1.82) is 0 Å². The normalized spacial score (nSPS) is 12.3. The molecule has 0 aliphatic heterocycles. The Balaban J connectivity index is 2.58. The number of benzene rings is 2. The summed E-state index contributed by atoms with van der Waals surface area (Å²) in [6.07, 6.45) is 0. The highest BCUT2D eigenvalue weighted by molar-refractivity contribution is 9.10. The minimum Gasteiger partial charge on any atom is -0.496 e. The number of ether oxygens (including phenoxy) is 1. The van der Waals surface area contributed by atoms with E-state index in [0.717, 1.165) is 11.1 Å². The molecule has 0 aliphatic rings. The second kappa shape index (κ2) is 6.97. The molecule has 1 N–H and O–H groups in total. The van der Waals surface area contributed by atoms with Gasteiger partial charge >= 0.3 is 0 Å². The maximum atomic E-state index is 13.7. The van der Waals surface area contributed by atoms with Crippen molar-refractivity contribution in [1.82, 2.24) is 5.32 Å². The number of halogens is 4. The average Bonchev–Trinajstić information content (AvgIpc) is 2.45. The fraction of sp³-hybridized carbons (Fsp3) is 0.200. The van der Waals surface area contributed by atoms with E-state index in [2.05, 4.69) is 21.2 Å². The molecular formula is C15H13BrCl2FNO. The standard InChI is InChI=1S/C15H13BrCl2FNO/c1-20-15(9-4-3-8(17)5-12(9)18)10-6-11(16)13(19)7-14(10)21-2/h3-7,15,20H,1-2H3. The molecule has 0 spiro atoms. The zero-order chi connectivity index (χ0) is 15.6. The summed E-state index contributed by atoms with van der Waals surface area (Å²) in [5, 5.41) is 4.26. The molecule has 0 amide bonds. The highest BCUT2D eigenvalue weighted by Crippen LogP contribution is 2.37. The highest BCUT2D eigenvalue weighted by Gasteiger charge is 2.21.